The number of hydrogen-bond donors (Lipinski definition) is 1. The molecule has 0 atom stereocenters. The zero-order valence-corrected chi connectivity index (χ0v) is 13.0. The van der Waals surface area contributed by atoms with Gasteiger partial charge >= 0.3 is 0 Å². The number of aryl methyl sites for hydroxylation is 3. The van der Waals surface area contributed by atoms with Crippen LogP contribution in [0.1, 0.15) is 47.8 Å². The average molecular weight is 273 g/mol. The molecule has 1 aromatic carbocycles. The number of benzene rings is 1. The van der Waals surface area contributed by atoms with Crippen LogP contribution in [-0.2, 0) is 13.0 Å². The lowest BCUT2D eigenvalue weighted by Gasteiger charge is -2.05. The second-order valence-corrected chi connectivity index (χ2v) is 6.97. The Morgan fingerprint density at radius 2 is 2.05 bits per heavy atom. The third-order valence-corrected chi connectivity index (χ3v) is 5.32. The second kappa shape index (κ2) is 5.26. The first kappa shape index (κ1) is 13.1. The van der Waals surface area contributed by atoms with E-state index < -0.39 is 0 Å². The van der Waals surface area contributed by atoms with Gasteiger partial charge in [-0.1, -0.05) is 31.0 Å². The van der Waals surface area contributed by atoms with Crippen LogP contribution in [0.5, 0.6) is 0 Å². The monoisotopic (exact) mass is 273 g/mol. The Morgan fingerprint density at radius 3 is 2.74 bits per heavy atom. The summed E-state index contributed by atoms with van der Waals surface area (Å²) in [7, 11) is 0. The Kier molecular flexibility index (Phi) is 3.64. The van der Waals surface area contributed by atoms with Gasteiger partial charge in [-0.15, -0.1) is 11.3 Å². The largest absolute Gasteiger partial charge is 0.309 e. The van der Waals surface area contributed by atoms with Crippen molar-refractivity contribution in [3.8, 4) is 0 Å². The molecule has 0 saturated heterocycles. The van der Waals surface area contributed by atoms with Crippen molar-refractivity contribution in [3.63, 3.8) is 0 Å². The summed E-state index contributed by atoms with van der Waals surface area (Å²) in [6.07, 6.45) is 5.18. The standard InChI is InChI=1S/C17H23NS/c1-4-5-14-15-9-11(2)8-12(3)17(15)19-16(14)10-18-13-6-7-13/h8-9,13,18H,4-7,10H2,1-3H3. The molecule has 19 heavy (non-hydrogen) atoms. The van der Waals surface area contributed by atoms with Crippen molar-refractivity contribution >= 4 is 21.4 Å². The van der Waals surface area contributed by atoms with Gasteiger partial charge in [0.2, 0.25) is 0 Å². The molecule has 1 fully saturated rings. The molecular formula is C17H23NS. The molecule has 0 bridgehead atoms. The van der Waals surface area contributed by atoms with Crippen LogP contribution in [0.15, 0.2) is 12.1 Å². The molecule has 0 amide bonds. The second-order valence-electron chi connectivity index (χ2n) is 5.87. The first-order chi connectivity index (χ1) is 9.19. The lowest BCUT2D eigenvalue weighted by Crippen LogP contribution is -2.15. The SMILES string of the molecule is CCCc1c(CNC2CC2)sc2c(C)cc(C)cc12. The molecule has 0 unspecified atom stereocenters. The van der Waals surface area contributed by atoms with Gasteiger partial charge in [0.15, 0.2) is 0 Å². The highest BCUT2D eigenvalue weighted by molar-refractivity contribution is 7.19. The van der Waals surface area contributed by atoms with Crippen LogP contribution in [0.3, 0.4) is 0 Å². The number of nitrogens with one attached hydrogen (secondary N) is 1. The Morgan fingerprint density at radius 1 is 1.26 bits per heavy atom. The van der Waals surface area contributed by atoms with E-state index in [-0.39, 0.29) is 0 Å². The lowest BCUT2D eigenvalue weighted by atomic mass is 10.0. The quantitative estimate of drug-likeness (QED) is 0.831. The van der Waals surface area contributed by atoms with E-state index in [1.807, 2.05) is 11.3 Å². The summed E-state index contributed by atoms with van der Waals surface area (Å²) in [4.78, 5) is 1.57. The van der Waals surface area contributed by atoms with Gasteiger partial charge in [-0.05, 0) is 49.6 Å². The summed E-state index contributed by atoms with van der Waals surface area (Å²) in [5, 5.41) is 5.19. The molecule has 3 rings (SSSR count). The lowest BCUT2D eigenvalue weighted by molar-refractivity contribution is 0.690. The molecule has 2 heteroatoms. The maximum absolute atomic E-state index is 3.68. The third-order valence-electron chi connectivity index (χ3n) is 3.93. The molecule has 1 aliphatic carbocycles. The molecule has 1 aliphatic rings. The fraction of sp³-hybridized carbons (Fsp3) is 0.529. The Hall–Kier alpha value is -0.860. The molecule has 0 aliphatic heterocycles. The van der Waals surface area contributed by atoms with Crippen molar-refractivity contribution in [1.29, 1.82) is 0 Å². The van der Waals surface area contributed by atoms with Crippen molar-refractivity contribution in [1.82, 2.24) is 5.32 Å². The van der Waals surface area contributed by atoms with E-state index in [0.717, 1.165) is 12.6 Å². The molecule has 1 nitrogen and oxygen atoms in total. The summed E-state index contributed by atoms with van der Waals surface area (Å²) >= 11 is 2.01. The predicted molar refractivity (Wildman–Crippen MR) is 85.2 cm³/mol. The van der Waals surface area contributed by atoms with Crippen LogP contribution in [0.4, 0.5) is 0 Å². The zero-order chi connectivity index (χ0) is 13.4. The average Bonchev–Trinajstić information content (AvgIpc) is 3.13. The predicted octanol–water partition coefficient (Wildman–Crippen LogP) is 4.72. The van der Waals surface area contributed by atoms with Crippen molar-refractivity contribution in [2.75, 3.05) is 0 Å². The zero-order valence-electron chi connectivity index (χ0n) is 12.2. The van der Waals surface area contributed by atoms with E-state index in [4.69, 9.17) is 0 Å². The summed E-state index contributed by atoms with van der Waals surface area (Å²) in [6, 6.07) is 5.49. The first-order valence-electron chi connectivity index (χ1n) is 7.44. The minimum atomic E-state index is 0.794. The van der Waals surface area contributed by atoms with Gasteiger partial charge < -0.3 is 5.32 Å². The molecule has 1 aromatic heterocycles. The Labute approximate surface area is 120 Å². The van der Waals surface area contributed by atoms with Gasteiger partial charge in [0.05, 0.1) is 0 Å². The Bertz CT molecular complexity index is 593. The van der Waals surface area contributed by atoms with Crippen molar-refractivity contribution in [2.24, 2.45) is 0 Å². The highest BCUT2D eigenvalue weighted by Crippen LogP contribution is 2.35. The maximum Gasteiger partial charge on any atom is 0.0378 e. The van der Waals surface area contributed by atoms with Gasteiger partial charge in [-0.2, -0.15) is 0 Å². The molecule has 1 saturated carbocycles. The summed E-state index contributed by atoms with van der Waals surface area (Å²) < 4.78 is 1.50. The molecule has 2 aromatic rings. The molecule has 0 radical (unpaired) electrons. The van der Waals surface area contributed by atoms with Crippen LogP contribution >= 0.6 is 11.3 Å². The highest BCUT2D eigenvalue weighted by atomic mass is 32.1. The minimum absolute atomic E-state index is 0.794. The summed E-state index contributed by atoms with van der Waals surface area (Å²) in [5.41, 5.74) is 4.43. The van der Waals surface area contributed by atoms with E-state index in [1.165, 1.54) is 46.9 Å². The molecule has 1 N–H and O–H groups in total. The van der Waals surface area contributed by atoms with Crippen LogP contribution in [0.25, 0.3) is 10.1 Å². The van der Waals surface area contributed by atoms with E-state index in [1.54, 1.807) is 10.4 Å². The fourth-order valence-corrected chi connectivity index (χ4v) is 4.09. The van der Waals surface area contributed by atoms with Gasteiger partial charge in [-0.25, -0.2) is 0 Å². The van der Waals surface area contributed by atoms with Crippen molar-refractivity contribution in [3.05, 3.63) is 33.7 Å². The van der Waals surface area contributed by atoms with E-state index in [9.17, 15) is 0 Å². The minimum Gasteiger partial charge on any atom is -0.309 e. The van der Waals surface area contributed by atoms with Crippen LogP contribution in [0, 0.1) is 13.8 Å². The van der Waals surface area contributed by atoms with E-state index in [0.29, 0.717) is 0 Å². The highest BCUT2D eigenvalue weighted by Gasteiger charge is 2.21. The van der Waals surface area contributed by atoms with Gasteiger partial charge in [0, 0.05) is 22.2 Å². The van der Waals surface area contributed by atoms with Crippen LogP contribution < -0.4 is 5.32 Å². The summed E-state index contributed by atoms with van der Waals surface area (Å²) in [6.45, 7) is 7.81. The molecule has 102 valence electrons. The number of thiophene rings is 1. The molecular weight excluding hydrogens is 250 g/mol. The van der Waals surface area contributed by atoms with Gasteiger partial charge in [0.25, 0.3) is 0 Å². The van der Waals surface area contributed by atoms with Crippen molar-refractivity contribution in [2.45, 2.75) is 59.0 Å². The van der Waals surface area contributed by atoms with Crippen molar-refractivity contribution < 1.29 is 0 Å². The number of hydrogen-bond acceptors (Lipinski definition) is 2. The molecule has 0 spiro atoms. The number of fused-ring (bicyclic) bond motifs is 1. The van der Waals surface area contributed by atoms with E-state index >= 15 is 0 Å². The topological polar surface area (TPSA) is 12.0 Å². The fourth-order valence-electron chi connectivity index (χ4n) is 2.84. The summed E-state index contributed by atoms with van der Waals surface area (Å²) in [5.74, 6) is 0. The normalized spacial score (nSPS) is 15.3. The maximum atomic E-state index is 3.68. The van der Waals surface area contributed by atoms with Gasteiger partial charge in [0.1, 0.15) is 0 Å². The number of rotatable bonds is 5. The third kappa shape index (κ3) is 2.70. The first-order valence-corrected chi connectivity index (χ1v) is 8.25. The molecule has 1 heterocycles. The van der Waals surface area contributed by atoms with E-state index in [2.05, 4.69) is 38.2 Å². The van der Waals surface area contributed by atoms with Crippen LogP contribution in [-0.4, -0.2) is 6.04 Å². The van der Waals surface area contributed by atoms with Gasteiger partial charge in [-0.3, -0.25) is 0 Å². The Balaban J connectivity index is 2.03. The smallest absolute Gasteiger partial charge is 0.0378 e. The van der Waals surface area contributed by atoms with Crippen LogP contribution in [0.2, 0.25) is 0 Å².